The second kappa shape index (κ2) is 5.40. The lowest BCUT2D eigenvalue weighted by atomic mass is 10.2. The molecule has 0 amide bonds. The van der Waals surface area contributed by atoms with Gasteiger partial charge >= 0.3 is 0 Å². The summed E-state index contributed by atoms with van der Waals surface area (Å²) in [6, 6.07) is 4.77. The number of hydrogen-bond donors (Lipinski definition) is 1. The minimum atomic E-state index is -0.415. The van der Waals surface area contributed by atoms with Crippen molar-refractivity contribution >= 4 is 27.3 Å². The van der Waals surface area contributed by atoms with Gasteiger partial charge in [-0.15, -0.1) is 0 Å². The number of halogens is 1. The molecule has 0 saturated heterocycles. The maximum Gasteiger partial charge on any atom is 0.292 e. The number of benzene rings is 1. The normalized spacial score (nSPS) is 10.5. The minimum Gasteiger partial charge on any atom is -0.375 e. The van der Waals surface area contributed by atoms with Crippen molar-refractivity contribution in [2.75, 3.05) is 5.32 Å². The van der Waals surface area contributed by atoms with Crippen molar-refractivity contribution in [2.24, 2.45) is 0 Å². The molecule has 7 heteroatoms. The van der Waals surface area contributed by atoms with E-state index in [1.165, 1.54) is 6.07 Å². The third kappa shape index (κ3) is 2.93. The maximum absolute atomic E-state index is 10.9. The number of nitro benzene ring substituents is 1. The quantitative estimate of drug-likeness (QED) is 0.686. The van der Waals surface area contributed by atoms with Gasteiger partial charge in [-0.05, 0) is 26.0 Å². The van der Waals surface area contributed by atoms with Crippen LogP contribution in [0.3, 0.4) is 0 Å². The number of hydrogen-bond acceptors (Lipinski definition) is 5. The largest absolute Gasteiger partial charge is 0.375 e. The predicted octanol–water partition coefficient (Wildman–Crippen LogP) is 3.57. The average Bonchev–Trinajstić information content (AvgIpc) is 2.66. The summed E-state index contributed by atoms with van der Waals surface area (Å²) in [5, 5.41) is 17.8. The summed E-state index contributed by atoms with van der Waals surface area (Å²) in [5.74, 6) is 0.711. The number of nitrogens with zero attached hydrogens (tertiary/aromatic N) is 2. The Morgan fingerprint density at radius 3 is 2.79 bits per heavy atom. The molecule has 1 aromatic carbocycles. The van der Waals surface area contributed by atoms with Crippen molar-refractivity contribution in [3.8, 4) is 0 Å². The zero-order valence-electron chi connectivity index (χ0n) is 10.4. The fourth-order valence-electron chi connectivity index (χ4n) is 1.75. The molecule has 2 aromatic rings. The van der Waals surface area contributed by atoms with Crippen LogP contribution in [0.5, 0.6) is 0 Å². The molecule has 1 aromatic heterocycles. The summed E-state index contributed by atoms with van der Waals surface area (Å²) < 4.78 is 5.83. The molecule has 0 spiro atoms. The zero-order chi connectivity index (χ0) is 14.0. The van der Waals surface area contributed by atoms with E-state index in [4.69, 9.17) is 4.52 Å². The third-order valence-corrected chi connectivity index (χ3v) is 3.29. The monoisotopic (exact) mass is 325 g/mol. The number of aryl methyl sites for hydroxylation is 2. The highest BCUT2D eigenvalue weighted by molar-refractivity contribution is 9.10. The summed E-state index contributed by atoms with van der Waals surface area (Å²) >= 11 is 3.30. The molecule has 0 aliphatic carbocycles. The lowest BCUT2D eigenvalue weighted by molar-refractivity contribution is -0.384. The van der Waals surface area contributed by atoms with Crippen molar-refractivity contribution in [3.63, 3.8) is 0 Å². The molecule has 100 valence electrons. The standard InChI is InChI=1S/C12H12BrN3O3/c1-7-10(8(2)19-15-7)6-14-11-5-9(13)3-4-12(11)16(17)18/h3-5,14H,6H2,1-2H3. The van der Waals surface area contributed by atoms with Gasteiger partial charge < -0.3 is 9.84 Å². The molecule has 0 aliphatic rings. The molecule has 19 heavy (non-hydrogen) atoms. The van der Waals surface area contributed by atoms with Crippen molar-refractivity contribution in [1.82, 2.24) is 5.16 Å². The van der Waals surface area contributed by atoms with E-state index in [-0.39, 0.29) is 5.69 Å². The first-order valence-electron chi connectivity index (χ1n) is 5.58. The van der Waals surface area contributed by atoms with E-state index >= 15 is 0 Å². The summed E-state index contributed by atoms with van der Waals surface area (Å²) in [7, 11) is 0. The van der Waals surface area contributed by atoms with Gasteiger partial charge in [-0.25, -0.2) is 0 Å². The smallest absolute Gasteiger partial charge is 0.292 e. The molecule has 0 bridgehead atoms. The zero-order valence-corrected chi connectivity index (χ0v) is 12.0. The third-order valence-electron chi connectivity index (χ3n) is 2.79. The molecule has 6 nitrogen and oxygen atoms in total. The second-order valence-corrected chi connectivity index (χ2v) is 4.99. The van der Waals surface area contributed by atoms with Crippen molar-refractivity contribution < 1.29 is 9.45 Å². The molecule has 0 radical (unpaired) electrons. The molecule has 0 fully saturated rings. The summed E-state index contributed by atoms with van der Waals surface area (Å²) in [5.41, 5.74) is 2.19. The van der Waals surface area contributed by atoms with E-state index in [1.807, 2.05) is 13.8 Å². The van der Waals surface area contributed by atoms with Crippen LogP contribution in [-0.2, 0) is 6.54 Å². The van der Waals surface area contributed by atoms with Crippen LogP contribution in [0, 0.1) is 24.0 Å². The Labute approximate surface area is 118 Å². The number of aromatic nitrogens is 1. The number of anilines is 1. The van der Waals surface area contributed by atoms with Gasteiger partial charge in [-0.2, -0.15) is 0 Å². The van der Waals surface area contributed by atoms with Gasteiger partial charge in [0.15, 0.2) is 0 Å². The van der Waals surface area contributed by atoms with Gasteiger partial charge in [0.1, 0.15) is 11.4 Å². The highest BCUT2D eigenvalue weighted by Gasteiger charge is 2.15. The van der Waals surface area contributed by atoms with Crippen LogP contribution in [0.25, 0.3) is 0 Å². The lowest BCUT2D eigenvalue weighted by Crippen LogP contribution is -2.04. The van der Waals surface area contributed by atoms with Gasteiger partial charge in [-0.3, -0.25) is 10.1 Å². The Hall–Kier alpha value is -1.89. The van der Waals surface area contributed by atoms with Gasteiger partial charge in [0.25, 0.3) is 5.69 Å². The Bertz CT molecular complexity index is 605. The van der Waals surface area contributed by atoms with Gasteiger partial charge in [0.2, 0.25) is 0 Å². The average molecular weight is 326 g/mol. The summed E-state index contributed by atoms with van der Waals surface area (Å²) in [6.45, 7) is 4.08. The fourth-order valence-corrected chi connectivity index (χ4v) is 2.11. The molecule has 0 unspecified atom stereocenters. The van der Waals surface area contributed by atoms with E-state index in [1.54, 1.807) is 12.1 Å². The Morgan fingerprint density at radius 1 is 1.47 bits per heavy atom. The molecule has 1 heterocycles. The van der Waals surface area contributed by atoms with Gasteiger partial charge in [0, 0.05) is 22.6 Å². The molecule has 0 atom stereocenters. The van der Waals surface area contributed by atoms with Crippen LogP contribution in [-0.4, -0.2) is 10.1 Å². The van der Waals surface area contributed by atoms with Crippen molar-refractivity contribution in [1.29, 1.82) is 0 Å². The molecule has 2 rings (SSSR count). The van der Waals surface area contributed by atoms with E-state index < -0.39 is 4.92 Å². The first-order valence-corrected chi connectivity index (χ1v) is 6.38. The minimum absolute atomic E-state index is 0.0370. The van der Waals surface area contributed by atoms with E-state index in [0.29, 0.717) is 18.0 Å². The molecular formula is C12H12BrN3O3. The molecule has 0 saturated carbocycles. The van der Waals surface area contributed by atoms with Gasteiger partial charge in [-0.1, -0.05) is 21.1 Å². The lowest BCUT2D eigenvalue weighted by Gasteiger charge is -2.07. The van der Waals surface area contributed by atoms with Crippen LogP contribution in [0.4, 0.5) is 11.4 Å². The van der Waals surface area contributed by atoms with E-state index in [9.17, 15) is 10.1 Å². The molecule has 1 N–H and O–H groups in total. The number of nitro groups is 1. The van der Waals surface area contributed by atoms with Crippen molar-refractivity contribution in [3.05, 3.63) is 49.8 Å². The first kappa shape index (κ1) is 13.5. The van der Waals surface area contributed by atoms with Crippen LogP contribution >= 0.6 is 15.9 Å². The summed E-state index contributed by atoms with van der Waals surface area (Å²) in [6.07, 6.45) is 0. The fraction of sp³-hybridized carbons (Fsp3) is 0.250. The van der Waals surface area contributed by atoms with Gasteiger partial charge in [0.05, 0.1) is 10.6 Å². The summed E-state index contributed by atoms with van der Waals surface area (Å²) in [4.78, 5) is 10.5. The van der Waals surface area contributed by atoms with Crippen LogP contribution in [0.15, 0.2) is 27.2 Å². The first-order chi connectivity index (χ1) is 8.99. The Morgan fingerprint density at radius 2 is 2.21 bits per heavy atom. The topological polar surface area (TPSA) is 81.2 Å². The Balaban J connectivity index is 2.24. The van der Waals surface area contributed by atoms with Crippen LogP contribution < -0.4 is 5.32 Å². The number of rotatable bonds is 4. The molecule has 0 aliphatic heterocycles. The second-order valence-electron chi connectivity index (χ2n) is 4.07. The van der Waals surface area contributed by atoms with E-state index in [0.717, 1.165) is 15.7 Å². The SMILES string of the molecule is Cc1noc(C)c1CNc1cc(Br)ccc1[N+](=O)[O-]. The number of nitrogens with one attached hydrogen (secondary N) is 1. The van der Waals surface area contributed by atoms with Crippen LogP contribution in [0.2, 0.25) is 0 Å². The maximum atomic E-state index is 10.9. The predicted molar refractivity (Wildman–Crippen MR) is 74.1 cm³/mol. The van der Waals surface area contributed by atoms with Crippen LogP contribution in [0.1, 0.15) is 17.0 Å². The highest BCUT2D eigenvalue weighted by Crippen LogP contribution is 2.28. The Kier molecular flexibility index (Phi) is 3.84. The molecular weight excluding hydrogens is 314 g/mol. The van der Waals surface area contributed by atoms with E-state index in [2.05, 4.69) is 26.4 Å². The highest BCUT2D eigenvalue weighted by atomic mass is 79.9. The van der Waals surface area contributed by atoms with Crippen molar-refractivity contribution in [2.45, 2.75) is 20.4 Å².